The first-order valence-electron chi connectivity index (χ1n) is 9.11. The number of rotatable bonds is 7. The van der Waals surface area contributed by atoms with Crippen LogP contribution in [0.1, 0.15) is 12.5 Å². The van der Waals surface area contributed by atoms with Gasteiger partial charge < -0.3 is 10.2 Å². The number of para-hydroxylation sites is 1. The van der Waals surface area contributed by atoms with Crippen LogP contribution in [0.25, 0.3) is 10.9 Å². The van der Waals surface area contributed by atoms with Gasteiger partial charge >= 0.3 is 0 Å². The average Bonchev–Trinajstić information content (AvgIpc) is 2.68. The minimum absolute atomic E-state index is 0.0807. The molecule has 0 unspecified atom stereocenters. The summed E-state index contributed by atoms with van der Waals surface area (Å²) in [7, 11) is 0. The van der Waals surface area contributed by atoms with Crippen molar-refractivity contribution >= 4 is 22.5 Å². The maximum atomic E-state index is 12.3. The number of benzene rings is 2. The van der Waals surface area contributed by atoms with Gasteiger partial charge in [0.15, 0.2) is 0 Å². The second-order valence-corrected chi connectivity index (χ2v) is 6.45. The Morgan fingerprint density at radius 2 is 2.00 bits per heavy atom. The quantitative estimate of drug-likeness (QED) is 0.699. The SMILES string of the molecule is CCN(CCNC(=O)Cn1ncc(=O)c2ccccc21)c1cccc(C)c1. The Morgan fingerprint density at radius 1 is 1.19 bits per heavy atom. The van der Waals surface area contributed by atoms with E-state index in [1.807, 2.05) is 12.1 Å². The first-order valence-corrected chi connectivity index (χ1v) is 9.11. The van der Waals surface area contributed by atoms with Crippen molar-refractivity contribution in [3.8, 4) is 0 Å². The number of nitrogens with one attached hydrogen (secondary N) is 1. The van der Waals surface area contributed by atoms with Crippen molar-refractivity contribution in [1.29, 1.82) is 0 Å². The molecule has 3 rings (SSSR count). The number of hydrogen-bond acceptors (Lipinski definition) is 4. The van der Waals surface area contributed by atoms with Gasteiger partial charge in [0, 0.05) is 30.7 Å². The molecular formula is C21H24N4O2. The van der Waals surface area contributed by atoms with Gasteiger partial charge in [0.2, 0.25) is 11.3 Å². The van der Waals surface area contributed by atoms with Gasteiger partial charge in [0.05, 0.1) is 11.7 Å². The van der Waals surface area contributed by atoms with Gasteiger partial charge in [-0.15, -0.1) is 0 Å². The van der Waals surface area contributed by atoms with Crippen molar-refractivity contribution in [2.75, 3.05) is 24.5 Å². The van der Waals surface area contributed by atoms with E-state index in [9.17, 15) is 9.59 Å². The molecule has 0 radical (unpaired) electrons. The Morgan fingerprint density at radius 3 is 2.78 bits per heavy atom. The lowest BCUT2D eigenvalue weighted by molar-refractivity contribution is -0.121. The molecule has 6 nitrogen and oxygen atoms in total. The van der Waals surface area contributed by atoms with Crippen LogP contribution in [0.15, 0.2) is 59.5 Å². The van der Waals surface area contributed by atoms with Gasteiger partial charge in [-0.2, -0.15) is 5.10 Å². The zero-order valence-electron chi connectivity index (χ0n) is 15.7. The largest absolute Gasteiger partial charge is 0.370 e. The number of aryl methyl sites for hydroxylation is 1. The van der Waals surface area contributed by atoms with Crippen molar-refractivity contribution in [1.82, 2.24) is 15.1 Å². The molecule has 3 aromatic rings. The van der Waals surface area contributed by atoms with Crippen LogP contribution in [0, 0.1) is 6.92 Å². The summed E-state index contributed by atoms with van der Waals surface area (Å²) in [5, 5.41) is 7.60. The van der Waals surface area contributed by atoms with Crippen molar-refractivity contribution in [3.05, 3.63) is 70.5 Å². The zero-order chi connectivity index (χ0) is 19.2. The van der Waals surface area contributed by atoms with E-state index in [1.54, 1.807) is 22.9 Å². The predicted octanol–water partition coefficient (Wildman–Crippen LogP) is 2.35. The third-order valence-corrected chi connectivity index (χ3v) is 4.51. The summed E-state index contributed by atoms with van der Waals surface area (Å²) < 4.78 is 1.56. The number of aromatic nitrogens is 2. The van der Waals surface area contributed by atoms with Crippen LogP contribution in [-0.2, 0) is 11.3 Å². The number of amides is 1. The molecule has 1 aromatic heterocycles. The molecule has 0 bridgehead atoms. The third-order valence-electron chi connectivity index (χ3n) is 4.51. The minimum atomic E-state index is -0.140. The predicted molar refractivity (Wildman–Crippen MR) is 108 cm³/mol. The lowest BCUT2D eigenvalue weighted by Gasteiger charge is -2.23. The average molecular weight is 364 g/mol. The normalized spacial score (nSPS) is 10.7. The number of anilines is 1. The van der Waals surface area contributed by atoms with E-state index >= 15 is 0 Å². The second-order valence-electron chi connectivity index (χ2n) is 6.45. The van der Waals surface area contributed by atoms with Gasteiger partial charge in [-0.05, 0) is 43.7 Å². The van der Waals surface area contributed by atoms with E-state index < -0.39 is 0 Å². The molecule has 0 spiro atoms. The van der Waals surface area contributed by atoms with Crippen LogP contribution in [0.4, 0.5) is 5.69 Å². The van der Waals surface area contributed by atoms with Gasteiger partial charge in [-0.1, -0.05) is 24.3 Å². The number of nitrogens with zero attached hydrogens (tertiary/aromatic N) is 3. The molecule has 0 aliphatic heterocycles. The van der Waals surface area contributed by atoms with E-state index in [0.717, 1.165) is 18.8 Å². The Kier molecular flexibility index (Phi) is 5.86. The van der Waals surface area contributed by atoms with Gasteiger partial charge in [-0.25, -0.2) is 0 Å². The highest BCUT2D eigenvalue weighted by molar-refractivity contribution is 5.81. The zero-order valence-corrected chi connectivity index (χ0v) is 15.7. The van der Waals surface area contributed by atoms with Crippen molar-refractivity contribution < 1.29 is 4.79 Å². The minimum Gasteiger partial charge on any atom is -0.370 e. The summed E-state index contributed by atoms with van der Waals surface area (Å²) in [6.07, 6.45) is 1.26. The van der Waals surface area contributed by atoms with Crippen LogP contribution in [0.3, 0.4) is 0 Å². The molecule has 1 heterocycles. The Labute approximate surface area is 158 Å². The van der Waals surface area contributed by atoms with Crippen LogP contribution in [0.2, 0.25) is 0 Å². The smallest absolute Gasteiger partial charge is 0.241 e. The number of carbonyl (C=O) groups excluding carboxylic acids is 1. The topological polar surface area (TPSA) is 67.2 Å². The Hall–Kier alpha value is -3.15. The summed E-state index contributed by atoms with van der Waals surface area (Å²) in [4.78, 5) is 26.4. The van der Waals surface area contributed by atoms with Gasteiger partial charge in [0.1, 0.15) is 6.54 Å². The summed E-state index contributed by atoms with van der Waals surface area (Å²) >= 11 is 0. The molecule has 0 saturated carbocycles. The molecule has 0 aliphatic rings. The maximum Gasteiger partial charge on any atom is 0.241 e. The van der Waals surface area contributed by atoms with Crippen LogP contribution in [-0.4, -0.2) is 35.3 Å². The van der Waals surface area contributed by atoms with Crippen LogP contribution < -0.4 is 15.6 Å². The van der Waals surface area contributed by atoms with Crippen LogP contribution in [0.5, 0.6) is 0 Å². The molecule has 2 aromatic carbocycles. The fourth-order valence-corrected chi connectivity index (χ4v) is 3.10. The first kappa shape index (κ1) is 18.6. The first-order chi connectivity index (χ1) is 13.1. The Bertz CT molecular complexity index is 997. The molecule has 6 heteroatoms. The lowest BCUT2D eigenvalue weighted by Crippen LogP contribution is -2.36. The van der Waals surface area contributed by atoms with Gasteiger partial charge in [0.25, 0.3) is 0 Å². The van der Waals surface area contributed by atoms with E-state index in [2.05, 4.69) is 47.4 Å². The lowest BCUT2D eigenvalue weighted by atomic mass is 10.2. The third kappa shape index (κ3) is 4.53. The summed E-state index contributed by atoms with van der Waals surface area (Å²) in [5.74, 6) is -0.128. The standard InChI is InChI=1S/C21H24N4O2/c1-3-24(17-8-6-7-16(2)13-17)12-11-22-21(27)15-25-19-10-5-4-9-18(19)20(26)14-23-25/h4-10,13-14H,3,11-12,15H2,1-2H3,(H,22,27). The highest BCUT2D eigenvalue weighted by Gasteiger charge is 2.09. The number of hydrogen-bond donors (Lipinski definition) is 1. The molecule has 27 heavy (non-hydrogen) atoms. The summed E-state index contributed by atoms with van der Waals surface area (Å²) in [6, 6.07) is 15.5. The van der Waals surface area contributed by atoms with Crippen molar-refractivity contribution in [2.24, 2.45) is 0 Å². The molecule has 0 aliphatic carbocycles. The highest BCUT2D eigenvalue weighted by atomic mass is 16.2. The van der Waals surface area contributed by atoms with E-state index in [0.29, 0.717) is 17.4 Å². The molecule has 0 saturated heterocycles. The molecular weight excluding hydrogens is 340 g/mol. The number of fused-ring (bicyclic) bond motifs is 1. The molecule has 1 amide bonds. The summed E-state index contributed by atoms with van der Waals surface area (Å²) in [5.41, 5.74) is 2.89. The van der Waals surface area contributed by atoms with Crippen molar-refractivity contribution in [3.63, 3.8) is 0 Å². The molecule has 0 fully saturated rings. The van der Waals surface area contributed by atoms with Crippen LogP contribution >= 0.6 is 0 Å². The second kappa shape index (κ2) is 8.49. The molecule has 140 valence electrons. The Balaban J connectivity index is 1.60. The monoisotopic (exact) mass is 364 g/mol. The number of carbonyl (C=O) groups is 1. The van der Waals surface area contributed by atoms with E-state index in [1.165, 1.54) is 11.8 Å². The fourth-order valence-electron chi connectivity index (χ4n) is 3.10. The van der Waals surface area contributed by atoms with E-state index in [4.69, 9.17) is 0 Å². The van der Waals surface area contributed by atoms with Crippen molar-refractivity contribution in [2.45, 2.75) is 20.4 Å². The maximum absolute atomic E-state index is 12.3. The van der Waals surface area contributed by atoms with Gasteiger partial charge in [-0.3, -0.25) is 14.3 Å². The highest BCUT2D eigenvalue weighted by Crippen LogP contribution is 2.15. The van der Waals surface area contributed by atoms with E-state index in [-0.39, 0.29) is 17.9 Å². The molecule has 0 atom stereocenters. The fraction of sp³-hybridized carbons (Fsp3) is 0.286. The summed E-state index contributed by atoms with van der Waals surface area (Å²) in [6.45, 7) is 6.38. The number of likely N-dealkylation sites (N-methyl/N-ethyl adjacent to an activating group) is 1. The molecule has 1 N–H and O–H groups in total.